The van der Waals surface area contributed by atoms with Gasteiger partial charge in [0.15, 0.2) is 6.04 Å². The predicted octanol–water partition coefficient (Wildman–Crippen LogP) is -1.16. The van der Waals surface area contributed by atoms with Crippen molar-refractivity contribution < 1.29 is 29.3 Å². The molecule has 1 amide bonds. The van der Waals surface area contributed by atoms with Crippen LogP contribution in [-0.2, 0) is 19.1 Å². The molecule has 0 radical (unpaired) electrons. The maximum Gasteiger partial charge on any atom is 0.329 e. The number of carboxylic acids is 1. The molecule has 1 heterocycles. The van der Waals surface area contributed by atoms with Crippen LogP contribution in [0, 0.1) is 5.92 Å². The molecular formula is C10H15NO6. The van der Waals surface area contributed by atoms with Crippen LogP contribution in [0.2, 0.25) is 0 Å². The van der Waals surface area contributed by atoms with Crippen LogP contribution >= 0.6 is 0 Å². The SMILES string of the molecule is COC(=O)C1CC(=O)N([C@@H](C(=O)O)[C@H](C)O)C1. The molecule has 1 saturated heterocycles. The van der Waals surface area contributed by atoms with Crippen LogP contribution in [-0.4, -0.2) is 58.8 Å². The summed E-state index contributed by atoms with van der Waals surface area (Å²) in [5, 5.41) is 18.3. The lowest BCUT2D eigenvalue weighted by Crippen LogP contribution is -2.48. The minimum Gasteiger partial charge on any atom is -0.480 e. The third-order valence-corrected chi connectivity index (χ3v) is 2.74. The van der Waals surface area contributed by atoms with Crippen LogP contribution in [0.3, 0.4) is 0 Å². The highest BCUT2D eigenvalue weighted by atomic mass is 16.5. The maximum atomic E-state index is 11.6. The lowest BCUT2D eigenvalue weighted by atomic mass is 10.1. The van der Waals surface area contributed by atoms with Gasteiger partial charge in [0.1, 0.15) is 0 Å². The second kappa shape index (κ2) is 5.13. The first-order valence-electron chi connectivity index (χ1n) is 5.16. The lowest BCUT2D eigenvalue weighted by Gasteiger charge is -2.26. The fourth-order valence-electron chi connectivity index (χ4n) is 1.93. The Balaban J connectivity index is 2.82. The molecule has 96 valence electrons. The van der Waals surface area contributed by atoms with E-state index in [9.17, 15) is 19.5 Å². The number of esters is 1. The van der Waals surface area contributed by atoms with Crippen molar-refractivity contribution in [2.24, 2.45) is 5.92 Å². The molecule has 1 rings (SSSR count). The fourth-order valence-corrected chi connectivity index (χ4v) is 1.93. The highest BCUT2D eigenvalue weighted by molar-refractivity contribution is 5.90. The number of nitrogens with zero attached hydrogens (tertiary/aromatic N) is 1. The monoisotopic (exact) mass is 245 g/mol. The smallest absolute Gasteiger partial charge is 0.329 e. The van der Waals surface area contributed by atoms with E-state index >= 15 is 0 Å². The first-order valence-corrected chi connectivity index (χ1v) is 5.16. The Hall–Kier alpha value is -1.63. The summed E-state index contributed by atoms with van der Waals surface area (Å²) in [6, 6.07) is -1.32. The molecule has 1 aliphatic heterocycles. The molecule has 7 nitrogen and oxygen atoms in total. The Kier molecular flexibility index (Phi) is 4.06. The minimum absolute atomic E-state index is 0.0344. The Morgan fingerprint density at radius 3 is 2.53 bits per heavy atom. The van der Waals surface area contributed by atoms with Crippen molar-refractivity contribution in [2.75, 3.05) is 13.7 Å². The Bertz CT molecular complexity index is 340. The van der Waals surface area contributed by atoms with Crippen LogP contribution < -0.4 is 0 Å². The number of methoxy groups -OCH3 is 1. The van der Waals surface area contributed by atoms with Crippen LogP contribution in [0.15, 0.2) is 0 Å². The summed E-state index contributed by atoms with van der Waals surface area (Å²) in [4.78, 5) is 34.8. The van der Waals surface area contributed by atoms with E-state index in [1.165, 1.54) is 14.0 Å². The van der Waals surface area contributed by atoms with Crippen molar-refractivity contribution >= 4 is 17.8 Å². The fraction of sp³-hybridized carbons (Fsp3) is 0.700. The molecule has 0 spiro atoms. The van der Waals surface area contributed by atoms with E-state index in [1.54, 1.807) is 0 Å². The zero-order valence-electron chi connectivity index (χ0n) is 9.62. The average molecular weight is 245 g/mol. The number of rotatable bonds is 4. The molecule has 1 fully saturated rings. The third-order valence-electron chi connectivity index (χ3n) is 2.74. The van der Waals surface area contributed by atoms with Gasteiger partial charge in [-0.25, -0.2) is 4.79 Å². The first kappa shape index (κ1) is 13.4. The number of aliphatic hydroxyl groups is 1. The first-order chi connectivity index (χ1) is 7.88. The number of likely N-dealkylation sites (tertiary alicyclic amines) is 1. The van der Waals surface area contributed by atoms with Gasteiger partial charge in [-0.1, -0.05) is 0 Å². The van der Waals surface area contributed by atoms with E-state index in [-0.39, 0.29) is 13.0 Å². The van der Waals surface area contributed by atoms with Gasteiger partial charge in [-0.05, 0) is 6.92 Å². The molecule has 1 aliphatic rings. The van der Waals surface area contributed by atoms with Crippen LogP contribution in [0.4, 0.5) is 0 Å². The normalized spacial score (nSPS) is 23.4. The zero-order chi connectivity index (χ0) is 13.2. The number of carbonyl (C=O) groups excluding carboxylic acids is 2. The molecule has 0 aromatic heterocycles. The van der Waals surface area contributed by atoms with Crippen molar-refractivity contribution in [1.29, 1.82) is 0 Å². The number of amides is 1. The molecule has 2 N–H and O–H groups in total. The second-order valence-electron chi connectivity index (χ2n) is 3.99. The molecule has 0 aromatic rings. The summed E-state index contributed by atoms with van der Waals surface area (Å²) < 4.78 is 4.50. The van der Waals surface area contributed by atoms with Gasteiger partial charge in [0.25, 0.3) is 0 Å². The van der Waals surface area contributed by atoms with Crippen molar-refractivity contribution in [2.45, 2.75) is 25.5 Å². The number of ether oxygens (including phenoxy) is 1. The van der Waals surface area contributed by atoms with Crippen LogP contribution in [0.1, 0.15) is 13.3 Å². The largest absolute Gasteiger partial charge is 0.480 e. The van der Waals surface area contributed by atoms with E-state index in [0.29, 0.717) is 0 Å². The number of carbonyl (C=O) groups is 3. The number of hydrogen-bond acceptors (Lipinski definition) is 5. The van der Waals surface area contributed by atoms with Gasteiger partial charge in [-0.15, -0.1) is 0 Å². The maximum absolute atomic E-state index is 11.6. The highest BCUT2D eigenvalue weighted by Gasteiger charge is 2.42. The van der Waals surface area contributed by atoms with E-state index in [1.807, 2.05) is 0 Å². The van der Waals surface area contributed by atoms with Crippen molar-refractivity contribution in [3.8, 4) is 0 Å². The summed E-state index contributed by atoms with van der Waals surface area (Å²) in [6.45, 7) is 1.25. The molecule has 1 unspecified atom stereocenters. The van der Waals surface area contributed by atoms with Gasteiger partial charge in [-0.2, -0.15) is 0 Å². The van der Waals surface area contributed by atoms with Crippen LogP contribution in [0.25, 0.3) is 0 Å². The molecule has 0 bridgehead atoms. The molecule has 0 aromatic carbocycles. The number of aliphatic carboxylic acids is 1. The molecule has 0 aliphatic carbocycles. The minimum atomic E-state index is -1.32. The topological polar surface area (TPSA) is 104 Å². The summed E-state index contributed by atoms with van der Waals surface area (Å²) in [7, 11) is 1.21. The Morgan fingerprint density at radius 2 is 2.12 bits per heavy atom. The van der Waals surface area contributed by atoms with E-state index < -0.39 is 35.9 Å². The standard InChI is InChI=1S/C10H15NO6/c1-5(12)8(9(14)15)11-4-6(3-7(11)13)10(16)17-2/h5-6,8,12H,3-4H2,1-2H3,(H,14,15)/t5-,6?,8+/m0/s1. The average Bonchev–Trinajstić information content (AvgIpc) is 2.59. The van der Waals surface area contributed by atoms with Gasteiger partial charge in [0, 0.05) is 13.0 Å². The zero-order valence-corrected chi connectivity index (χ0v) is 9.62. The van der Waals surface area contributed by atoms with E-state index in [2.05, 4.69) is 4.74 Å². The molecule has 0 saturated carbocycles. The van der Waals surface area contributed by atoms with Gasteiger partial charge in [0.2, 0.25) is 5.91 Å². The summed E-state index contributed by atoms with van der Waals surface area (Å²) in [5.74, 6) is -2.96. The molecule has 7 heteroatoms. The van der Waals surface area contributed by atoms with E-state index in [0.717, 1.165) is 4.90 Å². The molecular weight excluding hydrogens is 230 g/mol. The Morgan fingerprint density at radius 1 is 1.53 bits per heavy atom. The van der Waals surface area contributed by atoms with Crippen molar-refractivity contribution in [1.82, 2.24) is 4.90 Å². The van der Waals surface area contributed by atoms with Gasteiger partial charge >= 0.3 is 11.9 Å². The van der Waals surface area contributed by atoms with Gasteiger partial charge in [-0.3, -0.25) is 9.59 Å². The van der Waals surface area contributed by atoms with E-state index in [4.69, 9.17) is 5.11 Å². The predicted molar refractivity (Wildman–Crippen MR) is 54.9 cm³/mol. The summed E-state index contributed by atoms with van der Waals surface area (Å²) in [6.07, 6.45) is -1.28. The highest BCUT2D eigenvalue weighted by Crippen LogP contribution is 2.22. The second-order valence-corrected chi connectivity index (χ2v) is 3.99. The third kappa shape index (κ3) is 2.73. The molecule has 3 atom stereocenters. The van der Waals surface area contributed by atoms with Crippen molar-refractivity contribution in [3.63, 3.8) is 0 Å². The Labute approximate surface area is 98.0 Å². The summed E-state index contributed by atoms with van der Waals surface area (Å²) in [5.41, 5.74) is 0. The quantitative estimate of drug-likeness (QED) is 0.605. The molecule has 17 heavy (non-hydrogen) atoms. The van der Waals surface area contributed by atoms with Gasteiger partial charge in [0.05, 0.1) is 19.1 Å². The van der Waals surface area contributed by atoms with Crippen molar-refractivity contribution in [3.05, 3.63) is 0 Å². The van der Waals surface area contributed by atoms with Crippen LogP contribution in [0.5, 0.6) is 0 Å². The van der Waals surface area contributed by atoms with Gasteiger partial charge < -0.3 is 19.8 Å². The number of aliphatic hydroxyl groups excluding tert-OH is 1. The lowest BCUT2D eigenvalue weighted by molar-refractivity contribution is -0.153. The number of hydrogen-bond donors (Lipinski definition) is 2. The summed E-state index contributed by atoms with van der Waals surface area (Å²) >= 11 is 0. The number of carboxylic acid groups (broad SMARTS) is 1.